The van der Waals surface area contributed by atoms with Crippen LogP contribution in [0.25, 0.3) is 22.3 Å². The van der Waals surface area contributed by atoms with Crippen molar-refractivity contribution in [2.24, 2.45) is 0 Å². The van der Waals surface area contributed by atoms with E-state index in [1.54, 1.807) is 0 Å². The summed E-state index contributed by atoms with van der Waals surface area (Å²) in [5.41, 5.74) is -1.30. The van der Waals surface area contributed by atoms with E-state index < -0.39 is 108 Å². The lowest BCUT2D eigenvalue weighted by Gasteiger charge is -2.39. The third-order valence-corrected chi connectivity index (χ3v) is 7.26. The van der Waals surface area contributed by atoms with E-state index in [4.69, 9.17) is 23.4 Å². The molecule has 10 atom stereocenters. The van der Waals surface area contributed by atoms with Gasteiger partial charge in [-0.05, 0) is 25.1 Å². The van der Waals surface area contributed by atoms with Gasteiger partial charge in [0.1, 0.15) is 65.2 Å². The number of phenols is 4. The van der Waals surface area contributed by atoms with Crippen LogP contribution in [0, 0.1) is 0 Å². The molecule has 16 heteroatoms. The van der Waals surface area contributed by atoms with E-state index in [1.807, 2.05) is 0 Å². The van der Waals surface area contributed by atoms with E-state index in [0.29, 0.717) is 0 Å². The zero-order chi connectivity index (χ0) is 31.3. The van der Waals surface area contributed by atoms with Crippen LogP contribution in [0.5, 0.6) is 28.7 Å². The van der Waals surface area contributed by atoms with Crippen molar-refractivity contribution in [2.45, 2.75) is 68.3 Å². The zero-order valence-electron chi connectivity index (χ0n) is 22.3. The predicted octanol–water partition coefficient (Wildman–Crippen LogP) is -1.69. The van der Waals surface area contributed by atoms with E-state index in [2.05, 4.69) is 0 Å². The maximum atomic E-state index is 13.5. The van der Waals surface area contributed by atoms with Gasteiger partial charge in [0.2, 0.25) is 17.5 Å². The number of aliphatic hydroxyl groups is 6. The summed E-state index contributed by atoms with van der Waals surface area (Å²) in [5, 5.41) is 101. The minimum absolute atomic E-state index is 0.0160. The Morgan fingerprint density at radius 1 is 0.814 bits per heavy atom. The smallest absolute Gasteiger partial charge is 0.239 e. The van der Waals surface area contributed by atoms with E-state index in [-0.39, 0.29) is 16.9 Å². The maximum Gasteiger partial charge on any atom is 0.239 e. The van der Waals surface area contributed by atoms with Crippen LogP contribution in [0.15, 0.2) is 39.5 Å². The summed E-state index contributed by atoms with van der Waals surface area (Å²) in [7, 11) is 0. The monoisotopic (exact) mass is 610 g/mol. The molecule has 0 bridgehead atoms. The standard InChI is InChI=1S/C27H30O16/c1-8-17(33)19(35)21(37)26(40-8)39-7-14(32)24-20(36)22(38)27(42-24)43-25-18(34)16-13(31)5-10(28)6-15(16)41-23(25)9-2-3-11(29)12(30)4-9/h2-6,8,14,17,19-22,24,26-33,35-38H,7H2,1H3/t8-,14-,17-,19+,20+,21+,22+,24-,26+,27-/m0/s1. The van der Waals surface area contributed by atoms with Gasteiger partial charge in [0.05, 0.1) is 12.7 Å². The fourth-order valence-corrected chi connectivity index (χ4v) is 4.87. The molecule has 0 spiro atoms. The molecule has 2 aliphatic rings. The number of hydrogen-bond acceptors (Lipinski definition) is 16. The van der Waals surface area contributed by atoms with E-state index in [0.717, 1.165) is 24.3 Å². The second kappa shape index (κ2) is 11.8. The fourth-order valence-electron chi connectivity index (χ4n) is 4.87. The first-order valence-electron chi connectivity index (χ1n) is 13.0. The van der Waals surface area contributed by atoms with Gasteiger partial charge in [0.15, 0.2) is 23.5 Å². The molecule has 0 saturated carbocycles. The van der Waals surface area contributed by atoms with E-state index in [9.17, 15) is 55.9 Å². The molecular weight excluding hydrogens is 580 g/mol. The lowest BCUT2D eigenvalue weighted by atomic mass is 10.00. The van der Waals surface area contributed by atoms with Crippen molar-refractivity contribution in [3.63, 3.8) is 0 Å². The predicted molar refractivity (Wildman–Crippen MR) is 140 cm³/mol. The Bertz CT molecular complexity index is 1540. The Labute approximate surface area is 241 Å². The normalized spacial score (nSPS) is 31.7. The molecule has 0 aliphatic carbocycles. The van der Waals surface area contributed by atoms with Crippen LogP contribution in [0.1, 0.15) is 6.92 Å². The van der Waals surface area contributed by atoms with Gasteiger partial charge in [-0.3, -0.25) is 4.79 Å². The average molecular weight is 611 g/mol. The quantitative estimate of drug-likeness (QED) is 0.134. The first-order valence-corrected chi connectivity index (χ1v) is 13.0. The number of rotatable bonds is 7. The molecule has 10 N–H and O–H groups in total. The number of ether oxygens (including phenoxy) is 4. The lowest BCUT2D eigenvalue weighted by Crippen LogP contribution is -2.57. The van der Waals surface area contributed by atoms with Gasteiger partial charge >= 0.3 is 0 Å². The summed E-state index contributed by atoms with van der Waals surface area (Å²) in [5.74, 6) is -3.25. The molecule has 16 nitrogen and oxygen atoms in total. The van der Waals surface area contributed by atoms with Gasteiger partial charge in [-0.2, -0.15) is 0 Å². The Morgan fingerprint density at radius 2 is 1.51 bits per heavy atom. The highest BCUT2D eigenvalue weighted by molar-refractivity contribution is 5.88. The van der Waals surface area contributed by atoms with Crippen molar-refractivity contribution < 1.29 is 74.4 Å². The molecule has 3 heterocycles. The van der Waals surface area contributed by atoms with Crippen LogP contribution in [-0.4, -0.2) is 119 Å². The molecule has 5 rings (SSSR count). The third-order valence-electron chi connectivity index (χ3n) is 7.26. The van der Waals surface area contributed by atoms with Crippen molar-refractivity contribution in [2.75, 3.05) is 6.61 Å². The molecular formula is C27H30O16. The van der Waals surface area contributed by atoms with Crippen molar-refractivity contribution >= 4 is 11.0 Å². The van der Waals surface area contributed by atoms with Crippen molar-refractivity contribution in [1.82, 2.24) is 0 Å². The van der Waals surface area contributed by atoms with Gasteiger partial charge in [-0.1, -0.05) is 0 Å². The Kier molecular flexibility index (Phi) is 8.41. The fraction of sp³-hybridized carbons (Fsp3) is 0.444. The first kappa shape index (κ1) is 30.7. The van der Waals surface area contributed by atoms with Gasteiger partial charge in [0, 0.05) is 17.7 Å². The number of phenolic OH excluding ortho intramolecular Hbond substituents is 4. The molecule has 43 heavy (non-hydrogen) atoms. The highest BCUT2D eigenvalue weighted by Crippen LogP contribution is 2.39. The van der Waals surface area contributed by atoms with Crippen LogP contribution in [-0.2, 0) is 14.2 Å². The summed E-state index contributed by atoms with van der Waals surface area (Å²) in [6.45, 7) is 0.778. The number of aliphatic hydroxyl groups excluding tert-OH is 6. The summed E-state index contributed by atoms with van der Waals surface area (Å²) in [4.78, 5) is 13.5. The minimum Gasteiger partial charge on any atom is -0.508 e. The molecule has 0 amide bonds. The van der Waals surface area contributed by atoms with Gasteiger partial charge < -0.3 is 74.4 Å². The van der Waals surface area contributed by atoms with Crippen molar-refractivity contribution in [1.29, 1.82) is 0 Å². The summed E-state index contributed by atoms with van der Waals surface area (Å²) in [6, 6.07) is 5.27. The average Bonchev–Trinajstić information content (AvgIpc) is 3.24. The molecule has 2 aliphatic heterocycles. The Balaban J connectivity index is 1.41. The molecule has 0 unspecified atom stereocenters. The number of fused-ring (bicyclic) bond motifs is 1. The summed E-state index contributed by atoms with van der Waals surface area (Å²) >= 11 is 0. The Morgan fingerprint density at radius 3 is 2.21 bits per heavy atom. The molecule has 2 aromatic carbocycles. The molecule has 234 valence electrons. The highest BCUT2D eigenvalue weighted by Gasteiger charge is 2.49. The number of aromatic hydroxyl groups is 4. The van der Waals surface area contributed by atoms with Gasteiger partial charge in [0.25, 0.3) is 0 Å². The van der Waals surface area contributed by atoms with Crippen LogP contribution in [0.2, 0.25) is 0 Å². The minimum atomic E-state index is -1.86. The number of hydrogen-bond donors (Lipinski definition) is 10. The van der Waals surface area contributed by atoms with Gasteiger partial charge in [-0.15, -0.1) is 0 Å². The summed E-state index contributed by atoms with van der Waals surface area (Å²) in [6.07, 6.45) is -15.8. The topological polar surface area (TPSA) is 269 Å². The van der Waals surface area contributed by atoms with E-state index in [1.165, 1.54) is 13.0 Å². The second-order valence-corrected chi connectivity index (χ2v) is 10.3. The lowest BCUT2D eigenvalue weighted by molar-refractivity contribution is -0.299. The second-order valence-electron chi connectivity index (χ2n) is 10.3. The molecule has 3 aromatic rings. The number of benzene rings is 2. The highest BCUT2D eigenvalue weighted by atomic mass is 16.7. The van der Waals surface area contributed by atoms with Crippen molar-refractivity contribution in [3.8, 4) is 40.1 Å². The Hall–Kier alpha value is -3.71. The third kappa shape index (κ3) is 5.67. The maximum absolute atomic E-state index is 13.5. The van der Waals surface area contributed by atoms with Gasteiger partial charge in [-0.25, -0.2) is 0 Å². The zero-order valence-corrected chi connectivity index (χ0v) is 22.3. The summed E-state index contributed by atoms with van der Waals surface area (Å²) < 4.78 is 27.5. The van der Waals surface area contributed by atoms with Crippen LogP contribution >= 0.6 is 0 Å². The van der Waals surface area contributed by atoms with Crippen LogP contribution in [0.4, 0.5) is 0 Å². The van der Waals surface area contributed by atoms with Crippen LogP contribution < -0.4 is 10.2 Å². The molecule has 1 aromatic heterocycles. The molecule has 0 radical (unpaired) electrons. The van der Waals surface area contributed by atoms with Crippen LogP contribution in [0.3, 0.4) is 0 Å². The van der Waals surface area contributed by atoms with E-state index >= 15 is 0 Å². The SMILES string of the molecule is C[C@@H]1O[C@@H](OC[C@H](O)[C@@H]2O[C@@H](Oc3c(-c4ccc(O)c(O)c4)oc4cc(O)cc(O)c4c3=O)[C@H](O)[C@H]2O)[C@H](O)[C@H](O)[C@H]1O. The van der Waals surface area contributed by atoms with Crippen molar-refractivity contribution in [3.05, 3.63) is 40.6 Å². The first-order chi connectivity index (χ1) is 20.3. The largest absolute Gasteiger partial charge is 0.508 e. The molecule has 2 saturated heterocycles. The molecule has 2 fully saturated rings.